The number of ether oxygens (including phenoxy) is 1. The van der Waals surface area contributed by atoms with Gasteiger partial charge in [0.05, 0.1) is 25.1 Å². The number of hydrogen-bond donors (Lipinski definition) is 3. The lowest BCUT2D eigenvalue weighted by molar-refractivity contribution is -0.109. The number of nitrogens with two attached hydrogens (primary N) is 1. The number of nitrogens with zero attached hydrogens (tertiary/aromatic N) is 1. The van der Waals surface area contributed by atoms with Crippen molar-refractivity contribution in [3.63, 3.8) is 0 Å². The monoisotopic (exact) mass is 286 g/mol. The van der Waals surface area contributed by atoms with Crippen LogP contribution in [0.2, 0.25) is 0 Å². The van der Waals surface area contributed by atoms with Crippen molar-refractivity contribution in [2.24, 2.45) is 0 Å². The van der Waals surface area contributed by atoms with Crippen molar-refractivity contribution in [3.05, 3.63) is 17.8 Å². The summed E-state index contributed by atoms with van der Waals surface area (Å²) in [6, 6.07) is 1.51. The number of anilines is 1. The molecule has 0 saturated carbocycles. The average Bonchev–Trinajstić information content (AvgIpc) is 2.37. The van der Waals surface area contributed by atoms with Crippen molar-refractivity contribution in [2.45, 2.75) is 25.6 Å². The third-order valence-corrected chi connectivity index (χ3v) is 3.34. The van der Waals surface area contributed by atoms with Crippen LogP contribution in [0, 0.1) is 0 Å². The molecule has 0 fully saturated rings. The quantitative estimate of drug-likeness (QED) is 0.708. The van der Waals surface area contributed by atoms with Gasteiger partial charge in [0, 0.05) is 18.2 Å². The van der Waals surface area contributed by atoms with Crippen LogP contribution in [0.15, 0.2) is 12.3 Å². The fourth-order valence-corrected chi connectivity index (χ4v) is 2.20. The first-order chi connectivity index (χ1) is 8.95. The Morgan fingerprint density at radius 2 is 2.26 bits per heavy atom. The molecule has 1 heterocycles. The third-order valence-electron chi connectivity index (χ3n) is 2.50. The summed E-state index contributed by atoms with van der Waals surface area (Å²) in [5.74, 6) is 0.658. The number of methoxy groups -OCH3 is 1. The van der Waals surface area contributed by atoms with Gasteiger partial charge >= 0.3 is 0 Å². The predicted octanol–water partition coefficient (Wildman–Crippen LogP) is 0.736. The van der Waals surface area contributed by atoms with Crippen LogP contribution in [-0.4, -0.2) is 39.3 Å². The van der Waals surface area contributed by atoms with Crippen molar-refractivity contribution in [1.82, 2.24) is 4.98 Å². The summed E-state index contributed by atoms with van der Waals surface area (Å²) in [4.78, 5) is 14.7. The van der Waals surface area contributed by atoms with Crippen molar-refractivity contribution in [1.29, 1.82) is 0 Å². The highest BCUT2D eigenvalue weighted by Gasteiger charge is 2.23. The molecular formula is C12H18N2O4S. The first-order valence-corrected chi connectivity index (χ1v) is 6.73. The molecule has 106 valence electrons. The molecule has 0 bridgehead atoms. The molecule has 4 N–H and O–H groups in total. The highest BCUT2D eigenvalue weighted by atomic mass is 32.2. The van der Waals surface area contributed by atoms with Gasteiger partial charge < -0.3 is 20.7 Å². The number of carbonyl (C=O) groups is 1. The molecule has 0 saturated heterocycles. The van der Waals surface area contributed by atoms with Gasteiger partial charge in [0.15, 0.2) is 5.12 Å². The SMILES string of the molecule is COc1ncc(N)cc1C(O)C(O)CCSC(C)=O. The summed E-state index contributed by atoms with van der Waals surface area (Å²) < 4.78 is 5.02. The van der Waals surface area contributed by atoms with Crippen LogP contribution in [0.5, 0.6) is 5.88 Å². The van der Waals surface area contributed by atoms with Crippen molar-refractivity contribution in [3.8, 4) is 5.88 Å². The van der Waals surface area contributed by atoms with Gasteiger partial charge in [-0.3, -0.25) is 4.79 Å². The standard InChI is InChI=1S/C12H18N2O4S/c1-7(15)19-4-3-10(16)11(17)9-5-8(13)6-14-12(9)18-2/h5-6,10-11,16-17H,3-4,13H2,1-2H3. The third kappa shape index (κ3) is 4.70. The molecule has 0 spiro atoms. The van der Waals surface area contributed by atoms with E-state index in [1.807, 2.05) is 0 Å². The van der Waals surface area contributed by atoms with E-state index in [1.54, 1.807) is 0 Å². The normalized spacial score (nSPS) is 13.9. The Morgan fingerprint density at radius 3 is 2.84 bits per heavy atom. The second-order valence-corrected chi connectivity index (χ2v) is 5.28. The maximum Gasteiger partial charge on any atom is 0.219 e. The Bertz CT molecular complexity index is 442. The largest absolute Gasteiger partial charge is 0.481 e. The molecule has 2 unspecified atom stereocenters. The van der Waals surface area contributed by atoms with E-state index >= 15 is 0 Å². The topological polar surface area (TPSA) is 106 Å². The van der Waals surface area contributed by atoms with E-state index in [9.17, 15) is 15.0 Å². The number of carbonyl (C=O) groups excluding carboxylic acids is 1. The number of aromatic nitrogens is 1. The molecule has 0 aromatic carbocycles. The number of nitrogen functional groups attached to an aromatic ring is 1. The maximum absolute atomic E-state index is 10.8. The van der Waals surface area contributed by atoms with E-state index in [1.165, 1.54) is 26.3 Å². The van der Waals surface area contributed by atoms with Gasteiger partial charge in [0.25, 0.3) is 0 Å². The minimum Gasteiger partial charge on any atom is -0.481 e. The zero-order valence-electron chi connectivity index (χ0n) is 10.9. The molecule has 7 heteroatoms. The highest BCUT2D eigenvalue weighted by molar-refractivity contribution is 8.13. The van der Waals surface area contributed by atoms with Crippen LogP contribution in [0.1, 0.15) is 25.0 Å². The second-order valence-electron chi connectivity index (χ2n) is 4.01. The lowest BCUT2D eigenvalue weighted by Crippen LogP contribution is -2.20. The Morgan fingerprint density at radius 1 is 1.58 bits per heavy atom. The Hall–Kier alpha value is -1.31. The molecule has 1 rings (SSSR count). The van der Waals surface area contributed by atoms with Gasteiger partial charge in [0.1, 0.15) is 6.10 Å². The average molecular weight is 286 g/mol. The van der Waals surface area contributed by atoms with E-state index in [2.05, 4.69) is 4.98 Å². The van der Waals surface area contributed by atoms with E-state index in [0.717, 1.165) is 11.8 Å². The maximum atomic E-state index is 10.8. The highest BCUT2D eigenvalue weighted by Crippen LogP contribution is 2.28. The molecule has 0 aliphatic heterocycles. The first-order valence-electron chi connectivity index (χ1n) is 5.74. The molecule has 0 amide bonds. The van der Waals surface area contributed by atoms with E-state index in [-0.39, 0.29) is 17.4 Å². The fraction of sp³-hybridized carbons (Fsp3) is 0.500. The van der Waals surface area contributed by atoms with E-state index in [4.69, 9.17) is 10.5 Å². The van der Waals surface area contributed by atoms with E-state index < -0.39 is 12.2 Å². The number of hydrogen-bond acceptors (Lipinski definition) is 7. The first kappa shape index (κ1) is 15.7. The smallest absolute Gasteiger partial charge is 0.219 e. The number of thioether (sulfide) groups is 1. The number of aliphatic hydroxyl groups is 2. The Balaban J connectivity index is 2.72. The molecule has 6 nitrogen and oxygen atoms in total. The number of pyridine rings is 1. The zero-order chi connectivity index (χ0) is 14.4. The summed E-state index contributed by atoms with van der Waals surface area (Å²) in [7, 11) is 1.42. The number of rotatable bonds is 6. The molecule has 19 heavy (non-hydrogen) atoms. The molecule has 2 atom stereocenters. The van der Waals surface area contributed by atoms with Gasteiger partial charge in [0.2, 0.25) is 5.88 Å². The lowest BCUT2D eigenvalue weighted by Gasteiger charge is -2.19. The van der Waals surface area contributed by atoms with Gasteiger partial charge in [-0.2, -0.15) is 0 Å². The van der Waals surface area contributed by atoms with Gasteiger partial charge in [-0.05, 0) is 12.5 Å². The van der Waals surface area contributed by atoms with Crippen LogP contribution >= 0.6 is 11.8 Å². The van der Waals surface area contributed by atoms with Crippen LogP contribution in [0.25, 0.3) is 0 Å². The van der Waals surface area contributed by atoms with Crippen molar-refractivity contribution in [2.75, 3.05) is 18.6 Å². The summed E-state index contributed by atoms with van der Waals surface area (Å²) in [6.07, 6.45) is -0.473. The fourth-order valence-electron chi connectivity index (χ4n) is 1.56. The summed E-state index contributed by atoms with van der Waals surface area (Å²) in [5.41, 5.74) is 6.31. The van der Waals surface area contributed by atoms with Crippen LogP contribution < -0.4 is 10.5 Å². The predicted molar refractivity (Wildman–Crippen MR) is 73.9 cm³/mol. The van der Waals surface area contributed by atoms with Gasteiger partial charge in [-0.1, -0.05) is 11.8 Å². The molecule has 0 aliphatic rings. The zero-order valence-corrected chi connectivity index (χ0v) is 11.7. The van der Waals surface area contributed by atoms with Crippen molar-refractivity contribution < 1.29 is 19.7 Å². The summed E-state index contributed by atoms with van der Waals surface area (Å²) >= 11 is 1.10. The Kier molecular flexibility index (Phi) is 6.07. The van der Waals surface area contributed by atoms with Crippen LogP contribution in [0.3, 0.4) is 0 Å². The van der Waals surface area contributed by atoms with Crippen LogP contribution in [0.4, 0.5) is 5.69 Å². The van der Waals surface area contributed by atoms with E-state index in [0.29, 0.717) is 17.0 Å². The minimum absolute atomic E-state index is 0.0232. The second kappa shape index (κ2) is 7.32. The molecule has 0 aliphatic carbocycles. The summed E-state index contributed by atoms with van der Waals surface area (Å²) in [5, 5.41) is 19.9. The van der Waals surface area contributed by atoms with Crippen molar-refractivity contribution >= 4 is 22.6 Å². The number of aliphatic hydroxyl groups excluding tert-OH is 2. The minimum atomic E-state index is -1.15. The van der Waals surface area contributed by atoms with Gasteiger partial charge in [-0.15, -0.1) is 0 Å². The molecule has 1 aromatic heterocycles. The molecule has 1 aromatic rings. The van der Waals surface area contributed by atoms with Gasteiger partial charge in [-0.25, -0.2) is 4.98 Å². The van der Waals surface area contributed by atoms with Crippen LogP contribution in [-0.2, 0) is 4.79 Å². The molecular weight excluding hydrogens is 268 g/mol. The summed E-state index contributed by atoms with van der Waals surface area (Å²) in [6.45, 7) is 1.46. The molecule has 0 radical (unpaired) electrons. The Labute approximate surface area is 116 Å². The lowest BCUT2D eigenvalue weighted by atomic mass is 10.0.